The van der Waals surface area contributed by atoms with Crippen LogP contribution in [0.1, 0.15) is 13.3 Å². The van der Waals surface area contributed by atoms with E-state index < -0.39 is 0 Å². The molecule has 0 aromatic heterocycles. The van der Waals surface area contributed by atoms with Gasteiger partial charge in [0.1, 0.15) is 0 Å². The van der Waals surface area contributed by atoms with E-state index in [4.69, 9.17) is 10.5 Å². The lowest BCUT2D eigenvalue weighted by atomic mass is 9.89. The quantitative estimate of drug-likeness (QED) is 0.598. The lowest BCUT2D eigenvalue weighted by Crippen LogP contribution is -2.39. The summed E-state index contributed by atoms with van der Waals surface area (Å²) in [6, 6.07) is 0. The Kier molecular flexibility index (Phi) is 5.18. The minimum Gasteiger partial charge on any atom is -0.379 e. The Bertz CT molecular complexity index is 235. The fraction of sp³-hybridized carbons (Fsp3) is 0.909. The van der Waals surface area contributed by atoms with E-state index in [0.717, 1.165) is 26.1 Å². The van der Waals surface area contributed by atoms with Crippen LogP contribution in [-0.4, -0.2) is 57.2 Å². The molecule has 0 aromatic rings. The summed E-state index contributed by atoms with van der Waals surface area (Å²) in [4.78, 5) is 13.9. The molecule has 1 fully saturated rings. The normalized spacial score (nSPS) is 25.9. The molecule has 1 atom stereocenters. The van der Waals surface area contributed by atoms with Gasteiger partial charge in [-0.3, -0.25) is 9.69 Å². The van der Waals surface area contributed by atoms with Crippen LogP contribution < -0.4 is 11.1 Å². The summed E-state index contributed by atoms with van der Waals surface area (Å²) in [7, 11) is 1.70. The highest BCUT2D eigenvalue weighted by Gasteiger charge is 2.39. The molecule has 0 saturated carbocycles. The smallest absolute Gasteiger partial charge is 0.227 e. The average molecular weight is 229 g/mol. The highest BCUT2D eigenvalue weighted by molar-refractivity contribution is 5.82. The monoisotopic (exact) mass is 229 g/mol. The van der Waals surface area contributed by atoms with Crippen molar-refractivity contribution in [1.29, 1.82) is 0 Å². The number of hydrogen-bond acceptors (Lipinski definition) is 4. The van der Waals surface area contributed by atoms with Crippen molar-refractivity contribution in [2.24, 2.45) is 11.1 Å². The second-order valence-electron chi connectivity index (χ2n) is 4.57. The second kappa shape index (κ2) is 6.18. The van der Waals surface area contributed by atoms with Gasteiger partial charge >= 0.3 is 0 Å². The first kappa shape index (κ1) is 13.4. The molecular formula is C11H23N3O2. The van der Waals surface area contributed by atoms with E-state index in [9.17, 15) is 4.79 Å². The molecule has 3 N–H and O–H groups in total. The number of likely N-dealkylation sites (tertiary alicyclic amines) is 1. The highest BCUT2D eigenvalue weighted by atomic mass is 16.5. The maximum atomic E-state index is 11.7. The van der Waals surface area contributed by atoms with Crippen LogP contribution >= 0.6 is 0 Å². The molecule has 1 unspecified atom stereocenters. The molecule has 1 aliphatic heterocycles. The zero-order valence-corrected chi connectivity index (χ0v) is 10.3. The van der Waals surface area contributed by atoms with Gasteiger partial charge in [0.15, 0.2) is 0 Å². The maximum Gasteiger partial charge on any atom is 0.227 e. The van der Waals surface area contributed by atoms with Crippen LogP contribution in [0.5, 0.6) is 0 Å². The number of amides is 1. The first-order valence-corrected chi connectivity index (χ1v) is 5.85. The van der Waals surface area contributed by atoms with E-state index in [2.05, 4.69) is 10.2 Å². The van der Waals surface area contributed by atoms with Crippen LogP contribution in [0.25, 0.3) is 0 Å². The van der Waals surface area contributed by atoms with Crippen LogP contribution in [0.3, 0.4) is 0 Å². The van der Waals surface area contributed by atoms with Crippen molar-refractivity contribution < 1.29 is 9.53 Å². The summed E-state index contributed by atoms with van der Waals surface area (Å²) in [5.74, 6) is 0.137. The Morgan fingerprint density at radius 1 is 1.56 bits per heavy atom. The van der Waals surface area contributed by atoms with Gasteiger partial charge in [-0.05, 0) is 19.9 Å². The van der Waals surface area contributed by atoms with Crippen LogP contribution in [0, 0.1) is 5.41 Å². The Hall–Kier alpha value is -0.650. The fourth-order valence-corrected chi connectivity index (χ4v) is 2.11. The standard InChI is InChI=1S/C11H23N3O2/c1-11(10(15)13-2)3-5-14(9-11)6-8-16-7-4-12/h3-9,12H2,1-2H3,(H,13,15). The molecule has 0 aliphatic carbocycles. The second-order valence-corrected chi connectivity index (χ2v) is 4.57. The summed E-state index contributed by atoms with van der Waals surface area (Å²) in [5, 5.41) is 2.73. The van der Waals surface area contributed by atoms with Crippen LogP contribution in [0.15, 0.2) is 0 Å². The van der Waals surface area contributed by atoms with Gasteiger partial charge in [0.05, 0.1) is 18.6 Å². The third-order valence-electron chi connectivity index (χ3n) is 3.14. The molecule has 1 rings (SSSR count). The highest BCUT2D eigenvalue weighted by Crippen LogP contribution is 2.29. The summed E-state index contributed by atoms with van der Waals surface area (Å²) < 4.78 is 5.33. The van der Waals surface area contributed by atoms with Crippen molar-refractivity contribution in [2.45, 2.75) is 13.3 Å². The third-order valence-corrected chi connectivity index (χ3v) is 3.14. The van der Waals surface area contributed by atoms with Crippen molar-refractivity contribution in [3.63, 3.8) is 0 Å². The number of carbonyl (C=O) groups is 1. The Balaban J connectivity index is 2.26. The topological polar surface area (TPSA) is 67.6 Å². The maximum absolute atomic E-state index is 11.7. The van der Waals surface area contributed by atoms with E-state index in [-0.39, 0.29) is 11.3 Å². The molecule has 0 aromatic carbocycles. The molecule has 1 amide bonds. The van der Waals surface area contributed by atoms with Gasteiger partial charge < -0.3 is 15.8 Å². The number of rotatable bonds is 6. The Morgan fingerprint density at radius 3 is 2.94 bits per heavy atom. The van der Waals surface area contributed by atoms with Crippen LogP contribution in [-0.2, 0) is 9.53 Å². The van der Waals surface area contributed by atoms with Gasteiger partial charge in [-0.15, -0.1) is 0 Å². The van der Waals surface area contributed by atoms with Crippen molar-refractivity contribution in [3.05, 3.63) is 0 Å². The van der Waals surface area contributed by atoms with Gasteiger partial charge in [0.25, 0.3) is 0 Å². The molecule has 5 heteroatoms. The van der Waals surface area contributed by atoms with Crippen molar-refractivity contribution in [3.8, 4) is 0 Å². The first-order valence-electron chi connectivity index (χ1n) is 5.85. The third kappa shape index (κ3) is 3.43. The molecule has 5 nitrogen and oxygen atoms in total. The van der Waals surface area contributed by atoms with E-state index in [1.54, 1.807) is 7.05 Å². The van der Waals surface area contributed by atoms with Gasteiger partial charge in [0.2, 0.25) is 5.91 Å². The van der Waals surface area contributed by atoms with Gasteiger partial charge in [-0.1, -0.05) is 0 Å². The van der Waals surface area contributed by atoms with Gasteiger partial charge in [-0.2, -0.15) is 0 Å². The number of carbonyl (C=O) groups excluding carboxylic acids is 1. The predicted octanol–water partition coefficient (Wildman–Crippen LogP) is -0.580. The SMILES string of the molecule is CNC(=O)C1(C)CCN(CCOCCN)C1. The minimum absolute atomic E-state index is 0.137. The predicted molar refractivity (Wildman–Crippen MR) is 63.1 cm³/mol. The van der Waals surface area contributed by atoms with E-state index in [1.807, 2.05) is 6.92 Å². The number of nitrogens with two attached hydrogens (primary N) is 1. The zero-order chi connectivity index (χ0) is 12.0. The first-order chi connectivity index (χ1) is 7.62. The number of hydrogen-bond donors (Lipinski definition) is 2. The van der Waals surface area contributed by atoms with E-state index >= 15 is 0 Å². The summed E-state index contributed by atoms with van der Waals surface area (Å²) in [6.45, 7) is 6.56. The summed E-state index contributed by atoms with van der Waals surface area (Å²) in [6.07, 6.45) is 0.920. The lowest BCUT2D eigenvalue weighted by Gasteiger charge is -2.22. The molecule has 1 saturated heterocycles. The van der Waals surface area contributed by atoms with Gasteiger partial charge in [-0.25, -0.2) is 0 Å². The van der Waals surface area contributed by atoms with Crippen molar-refractivity contribution >= 4 is 5.91 Å². The van der Waals surface area contributed by atoms with Crippen molar-refractivity contribution in [2.75, 3.05) is 46.4 Å². The minimum atomic E-state index is -0.234. The molecule has 16 heavy (non-hydrogen) atoms. The zero-order valence-electron chi connectivity index (χ0n) is 10.3. The molecular weight excluding hydrogens is 206 g/mol. The lowest BCUT2D eigenvalue weighted by molar-refractivity contribution is -0.129. The molecule has 94 valence electrons. The Morgan fingerprint density at radius 2 is 2.31 bits per heavy atom. The summed E-state index contributed by atoms with van der Waals surface area (Å²) >= 11 is 0. The Labute approximate surface area is 97.3 Å². The van der Waals surface area contributed by atoms with E-state index in [0.29, 0.717) is 19.8 Å². The molecule has 1 heterocycles. The van der Waals surface area contributed by atoms with E-state index in [1.165, 1.54) is 0 Å². The molecule has 1 aliphatic rings. The van der Waals surface area contributed by atoms with Crippen LogP contribution in [0.4, 0.5) is 0 Å². The number of nitrogens with one attached hydrogen (secondary N) is 1. The van der Waals surface area contributed by atoms with Gasteiger partial charge in [0, 0.05) is 26.7 Å². The number of nitrogens with zero attached hydrogens (tertiary/aromatic N) is 1. The molecule has 0 bridgehead atoms. The van der Waals surface area contributed by atoms with Crippen molar-refractivity contribution in [1.82, 2.24) is 10.2 Å². The average Bonchev–Trinajstić information content (AvgIpc) is 2.67. The largest absolute Gasteiger partial charge is 0.379 e. The number of ether oxygens (including phenoxy) is 1. The molecule has 0 spiro atoms. The fourth-order valence-electron chi connectivity index (χ4n) is 2.11. The van der Waals surface area contributed by atoms with Crippen LogP contribution in [0.2, 0.25) is 0 Å². The molecule has 0 radical (unpaired) electrons. The summed E-state index contributed by atoms with van der Waals surface area (Å²) in [5.41, 5.74) is 5.10.